The van der Waals surface area contributed by atoms with E-state index in [0.29, 0.717) is 19.3 Å². The van der Waals surface area contributed by atoms with Crippen molar-refractivity contribution in [3.8, 4) is 0 Å². The van der Waals surface area contributed by atoms with E-state index in [1.807, 2.05) is 0 Å². The van der Waals surface area contributed by atoms with E-state index in [2.05, 4.69) is 20.8 Å². The summed E-state index contributed by atoms with van der Waals surface area (Å²) in [5.41, 5.74) is 0. The Labute approximate surface area is 508 Å². The van der Waals surface area contributed by atoms with Gasteiger partial charge in [-0.05, 0) is 19.3 Å². The molecule has 0 aliphatic carbocycles. The molecule has 0 aliphatic heterocycles. The van der Waals surface area contributed by atoms with Crippen LogP contribution >= 0.6 is 0 Å². The summed E-state index contributed by atoms with van der Waals surface area (Å²) in [6, 6.07) is 0. The first kappa shape index (κ1) is 79.4. The van der Waals surface area contributed by atoms with E-state index in [1.165, 1.54) is 347 Å². The number of hydrogen-bond acceptors (Lipinski definition) is 6. The maximum absolute atomic E-state index is 13.0. The van der Waals surface area contributed by atoms with E-state index in [1.54, 1.807) is 0 Å². The van der Waals surface area contributed by atoms with Crippen molar-refractivity contribution < 1.29 is 28.6 Å². The molecule has 0 amide bonds. The molecule has 0 aromatic heterocycles. The molecule has 81 heavy (non-hydrogen) atoms. The molecular weight excluding hydrogens is 997 g/mol. The molecule has 0 radical (unpaired) electrons. The first-order valence-corrected chi connectivity index (χ1v) is 37.5. The highest BCUT2D eigenvalue weighted by molar-refractivity contribution is 5.71. The van der Waals surface area contributed by atoms with E-state index in [4.69, 9.17) is 14.2 Å². The van der Waals surface area contributed by atoms with Gasteiger partial charge in [0, 0.05) is 19.3 Å². The van der Waals surface area contributed by atoms with Crippen molar-refractivity contribution in [2.24, 2.45) is 0 Å². The van der Waals surface area contributed by atoms with E-state index >= 15 is 0 Å². The Morgan fingerprint density at radius 2 is 0.333 bits per heavy atom. The number of unbranched alkanes of at least 4 members (excludes halogenated alkanes) is 60. The summed E-state index contributed by atoms with van der Waals surface area (Å²) >= 11 is 0. The highest BCUT2D eigenvalue weighted by Gasteiger charge is 2.20. The molecule has 0 heterocycles. The molecule has 0 aromatic rings. The first-order chi connectivity index (χ1) is 40.0. The van der Waals surface area contributed by atoms with E-state index in [9.17, 15) is 14.4 Å². The third-order valence-corrected chi connectivity index (χ3v) is 17.6. The molecule has 6 heteroatoms. The lowest BCUT2D eigenvalue weighted by Crippen LogP contribution is -2.30. The average Bonchev–Trinajstić information content (AvgIpc) is 3.47. The van der Waals surface area contributed by atoms with Crippen molar-refractivity contribution in [2.45, 2.75) is 451 Å². The molecule has 0 spiro atoms. The highest BCUT2D eigenvalue weighted by Crippen LogP contribution is 2.20. The van der Waals surface area contributed by atoms with Gasteiger partial charge in [0.1, 0.15) is 13.2 Å². The molecule has 0 saturated carbocycles. The van der Waals surface area contributed by atoms with Crippen LogP contribution < -0.4 is 0 Å². The fourth-order valence-electron chi connectivity index (χ4n) is 12.0. The molecule has 0 aliphatic rings. The summed E-state index contributed by atoms with van der Waals surface area (Å²) in [5, 5.41) is 0. The normalized spacial score (nSPS) is 11.9. The minimum Gasteiger partial charge on any atom is -0.462 e. The van der Waals surface area contributed by atoms with Gasteiger partial charge in [-0.3, -0.25) is 14.4 Å². The van der Waals surface area contributed by atoms with Gasteiger partial charge in [0.2, 0.25) is 0 Å². The third-order valence-electron chi connectivity index (χ3n) is 17.6. The van der Waals surface area contributed by atoms with Crippen LogP contribution in [0, 0.1) is 0 Å². The van der Waals surface area contributed by atoms with Crippen LogP contribution in [-0.2, 0) is 28.6 Å². The van der Waals surface area contributed by atoms with Gasteiger partial charge < -0.3 is 14.2 Å². The summed E-state index contributed by atoms with van der Waals surface area (Å²) in [7, 11) is 0. The van der Waals surface area contributed by atoms with E-state index in [-0.39, 0.29) is 31.1 Å². The second kappa shape index (κ2) is 70.9. The summed E-state index contributed by atoms with van der Waals surface area (Å²) in [5.74, 6) is -0.819. The van der Waals surface area contributed by atoms with Gasteiger partial charge in [-0.1, -0.05) is 406 Å². The standard InChI is InChI=1S/C75H146O6/c1-4-7-10-13-16-19-22-25-27-29-31-33-35-36-37-38-39-41-42-44-46-48-50-53-56-59-62-65-68-74(77)80-71-72(70-79-73(76)67-64-61-58-55-52-24-21-18-15-12-9-6-3)81-75(78)69-66-63-60-57-54-51-49-47-45-43-40-34-32-30-28-26-23-20-17-14-11-8-5-2/h72H,4-71H2,1-3H3. The molecule has 0 N–H and O–H groups in total. The van der Waals surface area contributed by atoms with Crippen molar-refractivity contribution in [3.05, 3.63) is 0 Å². The van der Waals surface area contributed by atoms with Gasteiger partial charge in [0.05, 0.1) is 0 Å². The number of carbonyl (C=O) groups is 3. The first-order valence-electron chi connectivity index (χ1n) is 37.5. The zero-order valence-electron chi connectivity index (χ0n) is 55.6. The third kappa shape index (κ3) is 69.1. The fraction of sp³-hybridized carbons (Fsp3) is 0.960. The second-order valence-corrected chi connectivity index (χ2v) is 25.9. The van der Waals surface area contributed by atoms with Crippen molar-refractivity contribution in [1.29, 1.82) is 0 Å². The fourth-order valence-corrected chi connectivity index (χ4v) is 12.0. The number of esters is 3. The summed E-state index contributed by atoms with van der Waals surface area (Å²) in [6.45, 7) is 6.74. The molecule has 0 saturated heterocycles. The van der Waals surface area contributed by atoms with Crippen molar-refractivity contribution in [1.82, 2.24) is 0 Å². The number of ether oxygens (including phenoxy) is 3. The van der Waals surface area contributed by atoms with Gasteiger partial charge in [-0.25, -0.2) is 0 Å². The van der Waals surface area contributed by atoms with Crippen LogP contribution in [0.1, 0.15) is 445 Å². The monoisotopic (exact) mass is 1140 g/mol. The van der Waals surface area contributed by atoms with Gasteiger partial charge >= 0.3 is 17.9 Å². The maximum Gasteiger partial charge on any atom is 0.306 e. The van der Waals surface area contributed by atoms with Gasteiger partial charge in [-0.2, -0.15) is 0 Å². The molecule has 482 valence electrons. The lowest BCUT2D eigenvalue weighted by Gasteiger charge is -2.18. The molecule has 0 aromatic carbocycles. The Hall–Kier alpha value is -1.59. The minimum atomic E-state index is -0.763. The summed E-state index contributed by atoms with van der Waals surface area (Å²) in [6.07, 6.45) is 84.4. The predicted octanol–water partition coefficient (Wildman–Crippen LogP) is 25.8. The van der Waals surface area contributed by atoms with Crippen LogP contribution in [-0.4, -0.2) is 37.2 Å². The zero-order valence-corrected chi connectivity index (χ0v) is 55.6. The molecule has 0 fully saturated rings. The van der Waals surface area contributed by atoms with E-state index < -0.39 is 6.10 Å². The molecule has 0 bridgehead atoms. The zero-order chi connectivity index (χ0) is 58.5. The van der Waals surface area contributed by atoms with Gasteiger partial charge in [-0.15, -0.1) is 0 Å². The Kier molecular flexibility index (Phi) is 69.5. The van der Waals surface area contributed by atoms with Crippen LogP contribution in [0.25, 0.3) is 0 Å². The maximum atomic E-state index is 13.0. The van der Waals surface area contributed by atoms with Crippen LogP contribution in [0.4, 0.5) is 0 Å². The van der Waals surface area contributed by atoms with Crippen LogP contribution in [0.3, 0.4) is 0 Å². The van der Waals surface area contributed by atoms with Crippen molar-refractivity contribution in [3.63, 3.8) is 0 Å². The Morgan fingerprint density at radius 3 is 0.494 bits per heavy atom. The molecule has 6 nitrogen and oxygen atoms in total. The minimum absolute atomic E-state index is 0.0601. The predicted molar refractivity (Wildman–Crippen MR) is 354 cm³/mol. The molecule has 0 rings (SSSR count). The second-order valence-electron chi connectivity index (χ2n) is 25.9. The van der Waals surface area contributed by atoms with Crippen LogP contribution in [0.5, 0.6) is 0 Å². The van der Waals surface area contributed by atoms with Gasteiger partial charge in [0.25, 0.3) is 0 Å². The number of rotatable bonds is 71. The largest absolute Gasteiger partial charge is 0.462 e. The van der Waals surface area contributed by atoms with Crippen molar-refractivity contribution >= 4 is 17.9 Å². The van der Waals surface area contributed by atoms with Gasteiger partial charge in [0.15, 0.2) is 6.10 Å². The highest BCUT2D eigenvalue weighted by atomic mass is 16.6. The summed E-state index contributed by atoms with van der Waals surface area (Å²) < 4.78 is 17.0. The van der Waals surface area contributed by atoms with E-state index in [0.717, 1.165) is 57.8 Å². The Balaban J connectivity index is 4.12. The van der Waals surface area contributed by atoms with Crippen LogP contribution in [0.2, 0.25) is 0 Å². The quantitative estimate of drug-likeness (QED) is 0.0343. The number of hydrogen-bond donors (Lipinski definition) is 0. The molecule has 1 atom stereocenters. The molecular formula is C75H146O6. The van der Waals surface area contributed by atoms with Crippen LogP contribution in [0.15, 0.2) is 0 Å². The summed E-state index contributed by atoms with van der Waals surface area (Å²) in [4.78, 5) is 38.4. The Morgan fingerprint density at radius 1 is 0.198 bits per heavy atom. The molecule has 1 unspecified atom stereocenters. The lowest BCUT2D eigenvalue weighted by molar-refractivity contribution is -0.167. The lowest BCUT2D eigenvalue weighted by atomic mass is 10.0. The Bertz CT molecular complexity index is 1220. The average molecular weight is 1140 g/mol. The topological polar surface area (TPSA) is 78.9 Å². The number of carbonyl (C=O) groups excluding carboxylic acids is 3. The van der Waals surface area contributed by atoms with Crippen molar-refractivity contribution in [2.75, 3.05) is 13.2 Å². The SMILES string of the molecule is CCCCCCCCCCCCCCCCCCCCCCCCCCCCCCC(=O)OCC(COC(=O)CCCCCCCCCCCCCC)OC(=O)CCCCCCCCCCCCCCCCCCCCCCCCC. The smallest absolute Gasteiger partial charge is 0.306 e.